The zero-order chi connectivity index (χ0) is 14.8. The highest BCUT2D eigenvalue weighted by Crippen LogP contribution is 2.40. The Bertz CT molecular complexity index is 477. The van der Waals surface area contributed by atoms with Gasteiger partial charge in [-0.05, 0) is 6.07 Å². The average Bonchev–Trinajstić information content (AvgIpc) is 2.15. The molecule has 0 amide bonds. The predicted octanol–water partition coefficient (Wildman–Crippen LogP) is 3.23. The second-order valence-electron chi connectivity index (χ2n) is 3.41. The number of carboxylic acid groups (broad SMARTS) is 1. The maximum Gasteiger partial charge on any atom is 0.573 e. The van der Waals surface area contributed by atoms with Crippen molar-refractivity contribution >= 4 is 5.97 Å². The first kappa shape index (κ1) is 15.1. The lowest BCUT2D eigenvalue weighted by Crippen LogP contribution is -2.22. The van der Waals surface area contributed by atoms with Crippen LogP contribution in [-0.2, 0) is 17.4 Å². The molecule has 0 heterocycles. The molecule has 1 N–H and O–H groups in total. The SMILES string of the molecule is O=C(O)Cc1cccc(C(F)(F)F)c1OC(F)(F)F. The Morgan fingerprint density at radius 3 is 2.16 bits per heavy atom. The van der Waals surface area contributed by atoms with Gasteiger partial charge in [-0.15, -0.1) is 13.2 Å². The van der Waals surface area contributed by atoms with Gasteiger partial charge < -0.3 is 9.84 Å². The van der Waals surface area contributed by atoms with Crippen LogP contribution in [0.4, 0.5) is 26.3 Å². The van der Waals surface area contributed by atoms with Crippen LogP contribution in [0.1, 0.15) is 11.1 Å². The molecule has 1 aromatic carbocycles. The molecule has 0 saturated heterocycles. The van der Waals surface area contributed by atoms with E-state index in [2.05, 4.69) is 4.74 Å². The Labute approximate surface area is 102 Å². The molecule has 106 valence electrons. The molecule has 0 saturated carbocycles. The second-order valence-corrected chi connectivity index (χ2v) is 3.41. The van der Waals surface area contributed by atoms with E-state index < -0.39 is 41.8 Å². The normalized spacial score (nSPS) is 12.3. The van der Waals surface area contributed by atoms with E-state index >= 15 is 0 Å². The maximum absolute atomic E-state index is 12.5. The van der Waals surface area contributed by atoms with Gasteiger partial charge in [-0.3, -0.25) is 4.79 Å². The van der Waals surface area contributed by atoms with Gasteiger partial charge >= 0.3 is 18.5 Å². The number of carboxylic acids is 1. The molecule has 0 bridgehead atoms. The number of alkyl halides is 6. The third-order valence-electron chi connectivity index (χ3n) is 1.96. The smallest absolute Gasteiger partial charge is 0.481 e. The topological polar surface area (TPSA) is 46.5 Å². The quantitative estimate of drug-likeness (QED) is 0.869. The molecular formula is C10H6F6O3. The summed E-state index contributed by atoms with van der Waals surface area (Å²) in [6.45, 7) is 0. The number of hydrogen-bond acceptors (Lipinski definition) is 2. The van der Waals surface area contributed by atoms with E-state index in [-0.39, 0.29) is 0 Å². The molecule has 0 aliphatic rings. The van der Waals surface area contributed by atoms with Crippen molar-refractivity contribution in [2.75, 3.05) is 0 Å². The molecule has 0 unspecified atom stereocenters. The first-order valence-electron chi connectivity index (χ1n) is 4.67. The standard InChI is InChI=1S/C10H6F6O3/c11-9(12,13)6-3-1-2-5(4-7(17)18)8(6)19-10(14,15)16/h1-3H,4H2,(H,17,18). The summed E-state index contributed by atoms with van der Waals surface area (Å²) in [5.74, 6) is -3.11. The Morgan fingerprint density at radius 1 is 1.16 bits per heavy atom. The van der Waals surface area contributed by atoms with Crippen molar-refractivity contribution in [1.82, 2.24) is 0 Å². The fraction of sp³-hybridized carbons (Fsp3) is 0.300. The number of halogens is 6. The van der Waals surface area contributed by atoms with Crippen LogP contribution in [0.15, 0.2) is 18.2 Å². The van der Waals surface area contributed by atoms with E-state index in [9.17, 15) is 31.1 Å². The zero-order valence-electron chi connectivity index (χ0n) is 8.97. The summed E-state index contributed by atoms with van der Waals surface area (Å²) < 4.78 is 77.2. The first-order chi connectivity index (χ1) is 8.50. The van der Waals surface area contributed by atoms with Crippen LogP contribution in [0.2, 0.25) is 0 Å². The Balaban J connectivity index is 3.36. The molecule has 0 aliphatic carbocycles. The van der Waals surface area contributed by atoms with Gasteiger partial charge in [0.1, 0.15) is 5.75 Å². The van der Waals surface area contributed by atoms with E-state index in [0.717, 1.165) is 12.1 Å². The van der Waals surface area contributed by atoms with Gasteiger partial charge in [0.05, 0.1) is 12.0 Å². The average molecular weight is 288 g/mol. The predicted molar refractivity (Wildman–Crippen MR) is 49.5 cm³/mol. The maximum atomic E-state index is 12.5. The molecule has 0 radical (unpaired) electrons. The van der Waals surface area contributed by atoms with Crippen LogP contribution in [0.3, 0.4) is 0 Å². The monoisotopic (exact) mass is 288 g/mol. The number of aliphatic carboxylic acids is 1. The van der Waals surface area contributed by atoms with Gasteiger partial charge in [-0.1, -0.05) is 12.1 Å². The third-order valence-corrected chi connectivity index (χ3v) is 1.96. The molecule has 19 heavy (non-hydrogen) atoms. The molecule has 1 rings (SSSR count). The fourth-order valence-corrected chi connectivity index (χ4v) is 1.35. The number of para-hydroxylation sites is 1. The van der Waals surface area contributed by atoms with E-state index in [4.69, 9.17) is 5.11 Å². The molecule has 0 fully saturated rings. The molecule has 0 atom stereocenters. The van der Waals surface area contributed by atoms with Crippen molar-refractivity contribution < 1.29 is 41.0 Å². The van der Waals surface area contributed by atoms with E-state index in [1.807, 2.05) is 0 Å². The molecule has 0 spiro atoms. The molecule has 0 aromatic heterocycles. The minimum atomic E-state index is -5.35. The summed E-state index contributed by atoms with van der Waals surface area (Å²) in [6.07, 6.45) is -11.5. The van der Waals surface area contributed by atoms with Gasteiger partial charge in [-0.2, -0.15) is 13.2 Å². The lowest BCUT2D eigenvalue weighted by Gasteiger charge is -2.17. The number of rotatable bonds is 3. The molecule has 3 nitrogen and oxygen atoms in total. The Hall–Kier alpha value is -1.93. The summed E-state index contributed by atoms with van der Waals surface area (Å²) >= 11 is 0. The summed E-state index contributed by atoms with van der Waals surface area (Å²) in [5.41, 5.74) is -2.39. The van der Waals surface area contributed by atoms with Crippen molar-refractivity contribution in [3.8, 4) is 5.75 Å². The van der Waals surface area contributed by atoms with Crippen LogP contribution in [0.25, 0.3) is 0 Å². The minimum absolute atomic E-state index is 0.381. The number of ether oxygens (including phenoxy) is 1. The summed E-state index contributed by atoms with van der Waals surface area (Å²) in [5, 5.41) is 8.47. The van der Waals surface area contributed by atoms with Crippen LogP contribution < -0.4 is 4.74 Å². The van der Waals surface area contributed by atoms with Gasteiger partial charge in [0.25, 0.3) is 0 Å². The van der Waals surface area contributed by atoms with Crippen LogP contribution >= 0.6 is 0 Å². The lowest BCUT2D eigenvalue weighted by molar-refractivity contribution is -0.276. The highest BCUT2D eigenvalue weighted by Gasteiger charge is 2.40. The van der Waals surface area contributed by atoms with Crippen molar-refractivity contribution in [2.45, 2.75) is 19.0 Å². The highest BCUT2D eigenvalue weighted by molar-refractivity contribution is 5.71. The molecule has 0 aliphatic heterocycles. The fourth-order valence-electron chi connectivity index (χ4n) is 1.35. The summed E-state index contributed by atoms with van der Waals surface area (Å²) in [7, 11) is 0. The Kier molecular flexibility index (Phi) is 3.97. The largest absolute Gasteiger partial charge is 0.573 e. The summed E-state index contributed by atoms with van der Waals surface area (Å²) in [4.78, 5) is 10.4. The van der Waals surface area contributed by atoms with Crippen molar-refractivity contribution in [3.05, 3.63) is 29.3 Å². The highest BCUT2D eigenvalue weighted by atomic mass is 19.4. The van der Waals surface area contributed by atoms with Gasteiger partial charge in [0.15, 0.2) is 0 Å². The molecular weight excluding hydrogens is 282 g/mol. The number of benzene rings is 1. The Morgan fingerprint density at radius 2 is 1.74 bits per heavy atom. The second kappa shape index (κ2) is 4.98. The minimum Gasteiger partial charge on any atom is -0.481 e. The van der Waals surface area contributed by atoms with Crippen LogP contribution in [0, 0.1) is 0 Å². The molecule has 9 heteroatoms. The number of hydrogen-bond donors (Lipinski definition) is 1. The zero-order valence-corrected chi connectivity index (χ0v) is 8.97. The van der Waals surface area contributed by atoms with Crippen molar-refractivity contribution in [3.63, 3.8) is 0 Å². The third kappa shape index (κ3) is 4.34. The van der Waals surface area contributed by atoms with Crippen molar-refractivity contribution in [1.29, 1.82) is 0 Å². The van der Waals surface area contributed by atoms with E-state index in [1.165, 1.54) is 0 Å². The van der Waals surface area contributed by atoms with E-state index in [0.29, 0.717) is 6.07 Å². The van der Waals surface area contributed by atoms with Crippen LogP contribution in [-0.4, -0.2) is 17.4 Å². The van der Waals surface area contributed by atoms with Gasteiger partial charge in [0.2, 0.25) is 0 Å². The lowest BCUT2D eigenvalue weighted by atomic mass is 10.1. The summed E-state index contributed by atoms with van der Waals surface area (Å²) in [6, 6.07) is 2.02. The van der Waals surface area contributed by atoms with Gasteiger partial charge in [0, 0.05) is 5.56 Å². The first-order valence-corrected chi connectivity index (χ1v) is 4.67. The van der Waals surface area contributed by atoms with E-state index in [1.54, 1.807) is 0 Å². The number of carbonyl (C=O) groups is 1. The van der Waals surface area contributed by atoms with Crippen LogP contribution in [0.5, 0.6) is 5.75 Å². The van der Waals surface area contributed by atoms with Gasteiger partial charge in [-0.25, -0.2) is 0 Å². The molecule has 1 aromatic rings. The van der Waals surface area contributed by atoms with Crippen molar-refractivity contribution in [2.24, 2.45) is 0 Å².